The summed E-state index contributed by atoms with van der Waals surface area (Å²) >= 11 is 0. The molecule has 0 aromatic heterocycles. The molecule has 4 heteroatoms. The van der Waals surface area contributed by atoms with Crippen LogP contribution in [0.5, 0.6) is 5.75 Å². The molecule has 0 unspecified atom stereocenters. The van der Waals surface area contributed by atoms with E-state index in [1.807, 2.05) is 13.0 Å². The first-order valence-corrected chi connectivity index (χ1v) is 10.7. The van der Waals surface area contributed by atoms with Gasteiger partial charge in [0.2, 0.25) is 8.32 Å². The normalized spacial score (nSPS) is 13.6. The number of fused-ring (bicyclic) bond motifs is 2. The van der Waals surface area contributed by atoms with Gasteiger partial charge >= 0.3 is 0 Å². The van der Waals surface area contributed by atoms with Crippen LogP contribution in [0, 0.1) is 6.92 Å². The topological polar surface area (TPSA) is 43.4 Å². The molecule has 0 radical (unpaired) electrons. The number of benzene rings is 2. The molecule has 3 rings (SSSR count). The molecule has 0 saturated heterocycles. The summed E-state index contributed by atoms with van der Waals surface area (Å²) in [6, 6.07) is 10.6. The maximum Gasteiger partial charge on any atom is 0.242 e. The highest BCUT2D eigenvalue weighted by Crippen LogP contribution is 2.36. The lowest BCUT2D eigenvalue weighted by Crippen LogP contribution is -2.32. The summed E-state index contributed by atoms with van der Waals surface area (Å²) in [5, 5.41) is 0. The van der Waals surface area contributed by atoms with E-state index in [9.17, 15) is 9.59 Å². The average molecular weight is 310 g/mol. The van der Waals surface area contributed by atoms with Crippen LogP contribution in [0.2, 0.25) is 19.6 Å². The SMILES string of the molecule is Cc1ccc2c(c1O[Si](C)(C)C)C(=O)c1ccccc1C2=O. The molecule has 0 bridgehead atoms. The summed E-state index contributed by atoms with van der Waals surface area (Å²) in [4.78, 5) is 25.6. The van der Waals surface area contributed by atoms with Crippen LogP contribution >= 0.6 is 0 Å². The number of aryl methyl sites for hydroxylation is 1. The van der Waals surface area contributed by atoms with Crippen LogP contribution in [0.25, 0.3) is 0 Å². The Bertz CT molecular complexity index is 800. The zero-order valence-corrected chi connectivity index (χ0v) is 14.2. The molecule has 3 nitrogen and oxygen atoms in total. The summed E-state index contributed by atoms with van der Waals surface area (Å²) in [6.07, 6.45) is 0. The Morgan fingerprint density at radius 1 is 0.818 bits per heavy atom. The lowest BCUT2D eigenvalue weighted by molar-refractivity contribution is 0.0977. The molecule has 1 aliphatic rings. The van der Waals surface area contributed by atoms with Crippen LogP contribution in [0.3, 0.4) is 0 Å². The van der Waals surface area contributed by atoms with Crippen LogP contribution < -0.4 is 4.43 Å². The van der Waals surface area contributed by atoms with Gasteiger partial charge in [-0.1, -0.05) is 30.3 Å². The molecule has 0 spiro atoms. The van der Waals surface area contributed by atoms with Crippen molar-refractivity contribution in [3.63, 3.8) is 0 Å². The Hall–Kier alpha value is -2.20. The van der Waals surface area contributed by atoms with Crippen molar-refractivity contribution in [3.05, 3.63) is 64.2 Å². The molecule has 2 aromatic rings. The van der Waals surface area contributed by atoms with E-state index in [0.29, 0.717) is 28.0 Å². The van der Waals surface area contributed by atoms with Gasteiger partial charge in [0, 0.05) is 16.7 Å². The quantitative estimate of drug-likeness (QED) is 0.672. The highest BCUT2D eigenvalue weighted by atomic mass is 28.4. The molecule has 22 heavy (non-hydrogen) atoms. The fraction of sp³-hybridized carbons (Fsp3) is 0.222. The molecule has 0 aliphatic heterocycles. The summed E-state index contributed by atoms with van der Waals surface area (Å²) in [5.74, 6) is 0.345. The third kappa shape index (κ3) is 2.29. The lowest BCUT2D eigenvalue weighted by Gasteiger charge is -2.26. The predicted molar refractivity (Wildman–Crippen MR) is 88.5 cm³/mol. The maximum atomic E-state index is 12.9. The zero-order valence-electron chi connectivity index (χ0n) is 13.2. The van der Waals surface area contributed by atoms with E-state index >= 15 is 0 Å². The molecule has 0 atom stereocenters. The lowest BCUT2D eigenvalue weighted by atomic mass is 9.83. The number of rotatable bonds is 2. The second kappa shape index (κ2) is 4.92. The van der Waals surface area contributed by atoms with E-state index in [1.54, 1.807) is 30.3 Å². The molecule has 112 valence electrons. The van der Waals surface area contributed by atoms with Crippen LogP contribution in [0.15, 0.2) is 36.4 Å². The van der Waals surface area contributed by atoms with E-state index in [0.717, 1.165) is 5.56 Å². The van der Waals surface area contributed by atoms with Crippen molar-refractivity contribution in [2.24, 2.45) is 0 Å². The third-order valence-electron chi connectivity index (χ3n) is 3.65. The Balaban J connectivity index is 2.27. The molecule has 0 fully saturated rings. The second-order valence-corrected chi connectivity index (χ2v) is 11.0. The largest absolute Gasteiger partial charge is 0.544 e. The summed E-state index contributed by atoms with van der Waals surface area (Å²) in [5.41, 5.74) is 2.70. The smallest absolute Gasteiger partial charge is 0.242 e. The minimum Gasteiger partial charge on any atom is -0.544 e. The van der Waals surface area contributed by atoms with Gasteiger partial charge in [-0.15, -0.1) is 0 Å². The number of hydrogen-bond donors (Lipinski definition) is 0. The molecule has 1 aliphatic carbocycles. The molecular weight excluding hydrogens is 292 g/mol. The Morgan fingerprint density at radius 2 is 1.41 bits per heavy atom. The van der Waals surface area contributed by atoms with Gasteiger partial charge in [-0.25, -0.2) is 0 Å². The van der Waals surface area contributed by atoms with Crippen LogP contribution in [0.4, 0.5) is 0 Å². The van der Waals surface area contributed by atoms with Gasteiger partial charge in [0.25, 0.3) is 0 Å². The number of hydrogen-bond acceptors (Lipinski definition) is 3. The fourth-order valence-electron chi connectivity index (χ4n) is 2.70. The molecule has 0 amide bonds. The van der Waals surface area contributed by atoms with Gasteiger partial charge in [0.05, 0.1) is 5.56 Å². The van der Waals surface area contributed by atoms with Crippen molar-refractivity contribution in [2.45, 2.75) is 26.6 Å². The second-order valence-electron chi connectivity index (χ2n) is 6.55. The number of carbonyl (C=O) groups excluding carboxylic acids is 2. The molecule has 0 heterocycles. The first-order valence-electron chi connectivity index (χ1n) is 7.30. The first kappa shape index (κ1) is 14.7. The monoisotopic (exact) mass is 310 g/mol. The maximum absolute atomic E-state index is 12.9. The number of ketones is 2. The summed E-state index contributed by atoms with van der Waals surface area (Å²) in [6.45, 7) is 8.10. The molecule has 0 saturated carbocycles. The number of carbonyl (C=O) groups is 2. The van der Waals surface area contributed by atoms with Crippen molar-refractivity contribution in [2.75, 3.05) is 0 Å². The zero-order chi connectivity index (χ0) is 16.1. The van der Waals surface area contributed by atoms with Crippen LogP contribution in [0.1, 0.15) is 37.4 Å². The van der Waals surface area contributed by atoms with Gasteiger partial charge in [0.1, 0.15) is 5.75 Å². The van der Waals surface area contributed by atoms with Crippen molar-refractivity contribution in [1.29, 1.82) is 0 Å². The van der Waals surface area contributed by atoms with Gasteiger partial charge < -0.3 is 4.43 Å². The van der Waals surface area contributed by atoms with Crippen molar-refractivity contribution >= 4 is 19.9 Å². The first-order chi connectivity index (χ1) is 10.3. The molecular formula is C18H18O3Si. The summed E-state index contributed by atoms with van der Waals surface area (Å²) in [7, 11) is -1.90. The average Bonchev–Trinajstić information content (AvgIpc) is 2.45. The highest BCUT2D eigenvalue weighted by molar-refractivity contribution is 6.70. The van der Waals surface area contributed by atoms with Crippen LogP contribution in [-0.2, 0) is 0 Å². The Labute approximate surface area is 131 Å². The standard InChI is InChI=1S/C18H18O3Si/c1-11-9-10-14-15(18(11)21-22(2,3)4)17(20)13-8-6-5-7-12(13)16(14)19/h5-10H,1-4H3. The van der Waals surface area contributed by atoms with E-state index in [2.05, 4.69) is 19.6 Å². The van der Waals surface area contributed by atoms with E-state index in [1.165, 1.54) is 0 Å². The minimum absolute atomic E-state index is 0.106. The van der Waals surface area contributed by atoms with Crippen molar-refractivity contribution in [1.82, 2.24) is 0 Å². The minimum atomic E-state index is -1.90. The highest BCUT2D eigenvalue weighted by Gasteiger charge is 2.34. The van der Waals surface area contributed by atoms with Gasteiger partial charge in [-0.05, 0) is 38.2 Å². The van der Waals surface area contributed by atoms with Crippen molar-refractivity contribution in [3.8, 4) is 5.75 Å². The predicted octanol–water partition coefficient (Wildman–Crippen LogP) is 3.98. The van der Waals surface area contributed by atoms with Gasteiger partial charge in [-0.3, -0.25) is 9.59 Å². The van der Waals surface area contributed by atoms with E-state index in [4.69, 9.17) is 4.43 Å². The molecule has 2 aromatic carbocycles. The Morgan fingerprint density at radius 3 is 2.00 bits per heavy atom. The fourth-order valence-corrected chi connectivity index (χ4v) is 3.57. The van der Waals surface area contributed by atoms with E-state index < -0.39 is 8.32 Å². The van der Waals surface area contributed by atoms with Gasteiger partial charge in [-0.2, -0.15) is 0 Å². The van der Waals surface area contributed by atoms with Crippen LogP contribution in [-0.4, -0.2) is 19.9 Å². The van der Waals surface area contributed by atoms with E-state index in [-0.39, 0.29) is 11.6 Å². The third-order valence-corrected chi connectivity index (χ3v) is 4.47. The molecule has 0 N–H and O–H groups in total. The Kier molecular flexibility index (Phi) is 3.29. The summed E-state index contributed by atoms with van der Waals surface area (Å²) < 4.78 is 6.13. The van der Waals surface area contributed by atoms with Crippen molar-refractivity contribution < 1.29 is 14.0 Å². The van der Waals surface area contributed by atoms with Gasteiger partial charge in [0.15, 0.2) is 11.6 Å².